The van der Waals surface area contributed by atoms with Crippen molar-refractivity contribution in [2.24, 2.45) is 0 Å². The van der Waals surface area contributed by atoms with E-state index in [1.807, 2.05) is 71.9 Å². The van der Waals surface area contributed by atoms with Crippen LogP contribution in [0.5, 0.6) is 0 Å². The van der Waals surface area contributed by atoms with Gasteiger partial charge in [-0.2, -0.15) is 0 Å². The SMILES string of the molecule is CC(=O)N[C@H]1[C@H]2OC[C@](COCCOCCOCCOCCn3cc(COCC(COCc4cn(CCOCCOCCOCCOC[C@@]56CO[C@@H](O5)[C@H](NC(C)=O)C5OC(C)(C)O[C@H]56)nn4)(COCc4cn(CCOCCOCCOCCOC[C@@]56CO[C@@H](O5)[C@H](NC(C)=O)[C@H]5OC(C)(C)O[C@H]56)nn4)NC(=O)CCCCCCC(=O)OCc4ccccc4)nn3)(O2)[C@@H]2OC(C)(C)O[C@H]12. The second-order valence-corrected chi connectivity index (χ2v) is 35.8. The molecule has 9 fully saturated rings. The Hall–Kier alpha value is -7.09. The van der Waals surface area contributed by atoms with Crippen molar-refractivity contribution in [3.05, 3.63) is 71.6 Å². The van der Waals surface area contributed by atoms with Gasteiger partial charge in [-0.3, -0.25) is 24.0 Å². The molecule has 0 aliphatic carbocycles. The first-order valence-electron chi connectivity index (χ1n) is 46.4. The number of nitrogens with one attached hydrogen (secondary N) is 4. The number of unbranched alkanes of at least 4 members (excludes halogenated alkanes) is 3. The monoisotopic (exact) mass is 1900 g/mol. The smallest absolute Gasteiger partial charge is 0.306 e. The van der Waals surface area contributed by atoms with Crippen LogP contribution >= 0.6 is 0 Å². The molecule has 13 rings (SSSR count). The lowest BCUT2D eigenvalue weighted by atomic mass is 9.88. The maximum absolute atomic E-state index is 14.3. The second kappa shape index (κ2) is 51.2. The van der Waals surface area contributed by atoms with E-state index in [0.29, 0.717) is 201 Å². The standard InChI is InChI=1S/C88H137N13O33/c1-61(102)89-70-73-76(129-82(4,5)126-73)86(58-123-79(70)132-86)55-116-42-39-113-36-33-110-30-27-107-24-21-99-45-65(93-96-99)49-119-52-85(92-68(105)19-15-10-11-16-20-69(106)122-48-64-17-13-12-14-18-64,53-120-50-66-46-100(97-94-66)22-25-108-28-31-111-34-37-114-40-43-117-56-87-59-124-80(133-87)71(90-62(2)103)74-77(87)130-83(6,7)127-74)54-121-51-67-47-101(98-95-67)23-26-109-29-32-112-35-38-115-41-44-118-57-88-60-125-81(134-88)72(91-63(3)104)75-78(88)131-84(8,9)128-75/h12-14,17-18,45-47,70-81H,10-11,15-16,19-44,48-60H2,1-9H3,(H,89,102)(H,90,103)(H,91,104)(H,92,105)/t70-,71-,72-,73-,74-,75?,76-,77-,78-,79+,80+,81+,86+,87+,88+/m1/s1. The van der Waals surface area contributed by atoms with Crippen molar-refractivity contribution in [2.75, 3.05) is 198 Å². The molecule has 134 heavy (non-hydrogen) atoms. The maximum Gasteiger partial charge on any atom is 0.306 e. The predicted molar refractivity (Wildman–Crippen MR) is 459 cm³/mol. The largest absolute Gasteiger partial charge is 0.461 e. The maximum atomic E-state index is 14.3. The van der Waals surface area contributed by atoms with Crippen LogP contribution in [0.25, 0.3) is 0 Å². The van der Waals surface area contributed by atoms with E-state index in [0.717, 1.165) is 5.56 Å². The Bertz CT molecular complexity index is 3870. The Morgan fingerprint density at radius 1 is 0.373 bits per heavy atom. The summed E-state index contributed by atoms with van der Waals surface area (Å²) in [5.74, 6) is -3.85. The van der Waals surface area contributed by atoms with E-state index in [1.54, 1.807) is 32.6 Å². The van der Waals surface area contributed by atoms with Crippen molar-refractivity contribution in [3.8, 4) is 0 Å². The number of nitrogens with zero attached hydrogens (tertiary/aromatic N) is 9. The van der Waals surface area contributed by atoms with Crippen LogP contribution in [-0.4, -0.2) is 386 Å². The topological polar surface area (TPSA) is 484 Å². The lowest BCUT2D eigenvalue weighted by Crippen LogP contribution is -2.65. The highest BCUT2D eigenvalue weighted by molar-refractivity contribution is 5.77. The molecule has 0 radical (unpaired) electrons. The molecule has 9 aliphatic heterocycles. The number of carbonyl (C=O) groups is 5. The molecule has 3 aromatic heterocycles. The Labute approximate surface area is 779 Å². The Morgan fingerprint density at radius 2 is 0.679 bits per heavy atom. The average molecular weight is 1910 g/mol. The summed E-state index contributed by atoms with van der Waals surface area (Å²) in [6.07, 6.45) is 3.18. The third kappa shape index (κ3) is 31.2. The predicted octanol–water partition coefficient (Wildman–Crippen LogP) is 1.000. The second-order valence-electron chi connectivity index (χ2n) is 35.8. The molecule has 1 aromatic carbocycles. The Morgan fingerprint density at radius 3 is 1.00 bits per heavy atom. The quantitative estimate of drug-likeness (QED) is 0.0354. The first-order valence-corrected chi connectivity index (χ1v) is 46.4. The van der Waals surface area contributed by atoms with Crippen molar-refractivity contribution >= 4 is 29.6 Å². The van der Waals surface area contributed by atoms with Crippen LogP contribution in [0.3, 0.4) is 0 Å². The molecule has 4 aromatic rings. The first kappa shape index (κ1) is 104. The molecule has 4 amide bonds. The van der Waals surface area contributed by atoms with Gasteiger partial charge in [-0.25, -0.2) is 14.0 Å². The fourth-order valence-corrected chi connectivity index (χ4v) is 17.1. The van der Waals surface area contributed by atoms with E-state index in [2.05, 4.69) is 52.2 Å². The molecule has 12 heterocycles. The van der Waals surface area contributed by atoms with E-state index in [-0.39, 0.29) is 128 Å². The summed E-state index contributed by atoms with van der Waals surface area (Å²) in [5.41, 5.74) is -1.52. The van der Waals surface area contributed by atoms with Gasteiger partial charge in [-0.1, -0.05) is 58.8 Å². The normalized spacial score (nSPS) is 27.5. The highest BCUT2D eigenvalue weighted by Crippen LogP contribution is 2.50. The minimum absolute atomic E-state index is 0.00627. The van der Waals surface area contributed by atoms with Crippen LogP contribution in [0, 0.1) is 0 Å². The minimum atomic E-state index is -1.30. The summed E-state index contributed by atoms with van der Waals surface area (Å²) in [6.45, 7) is 24.5. The van der Waals surface area contributed by atoms with E-state index in [4.69, 9.17) is 133 Å². The van der Waals surface area contributed by atoms with Crippen LogP contribution in [0.15, 0.2) is 48.9 Å². The van der Waals surface area contributed by atoms with Gasteiger partial charge in [0.05, 0.1) is 256 Å². The van der Waals surface area contributed by atoms with Gasteiger partial charge in [-0.15, -0.1) is 15.3 Å². The van der Waals surface area contributed by atoms with Crippen molar-refractivity contribution in [1.29, 1.82) is 0 Å². The van der Waals surface area contributed by atoms with Crippen molar-refractivity contribution in [1.82, 2.24) is 66.2 Å². The summed E-state index contributed by atoms with van der Waals surface area (Å²) < 4.78 is 174. The minimum Gasteiger partial charge on any atom is -0.461 e. The third-order valence-electron chi connectivity index (χ3n) is 23.1. The lowest BCUT2D eigenvalue weighted by Gasteiger charge is -2.42. The number of benzene rings is 1. The van der Waals surface area contributed by atoms with E-state index >= 15 is 0 Å². The van der Waals surface area contributed by atoms with E-state index < -0.39 is 113 Å². The van der Waals surface area contributed by atoms with Gasteiger partial charge in [0.2, 0.25) is 23.6 Å². The van der Waals surface area contributed by atoms with Crippen LogP contribution in [0.2, 0.25) is 0 Å². The van der Waals surface area contributed by atoms with Gasteiger partial charge < -0.3 is 154 Å². The zero-order chi connectivity index (χ0) is 94.3. The molecule has 9 saturated heterocycles. The van der Waals surface area contributed by atoms with E-state index in [1.165, 1.54) is 20.8 Å². The van der Waals surface area contributed by atoms with Gasteiger partial charge in [-0.05, 0) is 59.9 Å². The molecule has 9 aliphatic rings. The number of fused-ring (bicyclic) bond motifs is 12. The molecule has 46 heteroatoms. The number of hydrogen-bond acceptors (Lipinski definition) is 39. The van der Waals surface area contributed by atoms with Gasteiger partial charge in [0, 0.05) is 33.6 Å². The molecular weight excluding hydrogens is 1770 g/mol. The van der Waals surface area contributed by atoms with Crippen molar-refractivity contribution < 1.29 is 157 Å². The van der Waals surface area contributed by atoms with Crippen LogP contribution in [-0.2, 0) is 203 Å². The van der Waals surface area contributed by atoms with Gasteiger partial charge in [0.15, 0.2) is 36.2 Å². The molecule has 1 unspecified atom stereocenters. The first-order chi connectivity index (χ1) is 64.8. The van der Waals surface area contributed by atoms with Crippen LogP contribution in [0.4, 0.5) is 0 Å². The number of esters is 1. The highest BCUT2D eigenvalue weighted by Gasteiger charge is 2.69. The summed E-state index contributed by atoms with van der Waals surface area (Å²) in [6, 6.07) is 7.94. The van der Waals surface area contributed by atoms with Crippen LogP contribution in [0.1, 0.15) is 123 Å². The number of amides is 4. The fraction of sp³-hybridized carbons (Fsp3) is 0.807. The molecule has 6 bridgehead atoms. The molecule has 4 N–H and O–H groups in total. The number of aromatic nitrogens is 9. The van der Waals surface area contributed by atoms with Gasteiger partial charge >= 0.3 is 5.97 Å². The summed E-state index contributed by atoms with van der Waals surface area (Å²) in [7, 11) is 0. The average Bonchev–Trinajstić information content (AvgIpc) is 1.58. The summed E-state index contributed by atoms with van der Waals surface area (Å²) in [4.78, 5) is 62.9. The zero-order valence-electron chi connectivity index (χ0n) is 78.4. The molecule has 0 saturated carbocycles. The molecule has 0 spiro atoms. The van der Waals surface area contributed by atoms with Crippen molar-refractivity contribution in [2.45, 2.75) is 260 Å². The van der Waals surface area contributed by atoms with Gasteiger partial charge in [0.25, 0.3) is 0 Å². The lowest BCUT2D eigenvalue weighted by molar-refractivity contribution is -0.214. The Balaban J connectivity index is 0.536. The Kier molecular flexibility index (Phi) is 39.8. The van der Waals surface area contributed by atoms with Gasteiger partial charge in [0.1, 0.15) is 101 Å². The number of ether oxygens (including phenoxy) is 28. The molecule has 752 valence electrons. The molecule has 46 nitrogen and oxygen atoms in total. The third-order valence-corrected chi connectivity index (χ3v) is 23.1. The number of carbonyl (C=O) groups excluding carboxylic acids is 5. The van der Waals surface area contributed by atoms with E-state index in [9.17, 15) is 24.0 Å². The van der Waals surface area contributed by atoms with Crippen LogP contribution < -0.4 is 21.3 Å². The molecule has 15 atom stereocenters. The highest BCUT2D eigenvalue weighted by atomic mass is 16.8. The fourth-order valence-electron chi connectivity index (χ4n) is 17.1. The number of hydrogen-bond donors (Lipinski definition) is 4. The zero-order valence-corrected chi connectivity index (χ0v) is 78.4. The van der Waals surface area contributed by atoms with Crippen molar-refractivity contribution in [3.63, 3.8) is 0 Å². The summed E-state index contributed by atoms with van der Waals surface area (Å²) >= 11 is 0. The summed E-state index contributed by atoms with van der Waals surface area (Å²) in [5, 5.41) is 38.0. The molecular formula is C88H137N13O33. The number of rotatable bonds is 67.